The lowest BCUT2D eigenvalue weighted by atomic mass is 10.3. The smallest absolute Gasteiger partial charge is 0.348 e. The monoisotopic (exact) mass is 414 g/mol. The number of rotatable bonds is 4. The fraction of sp³-hybridized carbons (Fsp3) is 0.294. The standard InChI is InChI=1S/C17H13Cl3N2O2S/c1-9-13-6-14(16(23)24-8-10-7-17(10,19)20)25-15(13)22(21-9)12-4-2-11(18)3-5-12/h2-6,10H,7-8H2,1H3. The van der Waals surface area contributed by atoms with Crippen LogP contribution in [0.5, 0.6) is 0 Å². The molecule has 25 heavy (non-hydrogen) atoms. The lowest BCUT2D eigenvalue weighted by Crippen LogP contribution is -2.08. The van der Waals surface area contributed by atoms with Crippen LogP contribution in [-0.4, -0.2) is 26.7 Å². The number of ether oxygens (including phenoxy) is 1. The van der Waals surface area contributed by atoms with Crippen LogP contribution in [0, 0.1) is 12.8 Å². The van der Waals surface area contributed by atoms with Crippen LogP contribution in [0.2, 0.25) is 5.02 Å². The molecular formula is C17H13Cl3N2O2S. The Labute approximate surface area is 163 Å². The first-order valence-electron chi connectivity index (χ1n) is 7.65. The predicted molar refractivity (Wildman–Crippen MR) is 102 cm³/mol. The molecular weight excluding hydrogens is 403 g/mol. The van der Waals surface area contributed by atoms with Crippen molar-refractivity contribution < 1.29 is 9.53 Å². The highest BCUT2D eigenvalue weighted by molar-refractivity contribution is 7.20. The number of aryl methyl sites for hydroxylation is 1. The van der Waals surface area contributed by atoms with E-state index in [9.17, 15) is 4.79 Å². The van der Waals surface area contributed by atoms with Crippen LogP contribution in [0.25, 0.3) is 15.9 Å². The second-order valence-corrected chi connectivity index (χ2v) is 9.07. The number of halogens is 3. The first-order valence-corrected chi connectivity index (χ1v) is 9.60. The summed E-state index contributed by atoms with van der Waals surface area (Å²) >= 11 is 19.2. The molecule has 1 atom stereocenters. The lowest BCUT2D eigenvalue weighted by molar-refractivity contribution is 0.0491. The van der Waals surface area contributed by atoms with E-state index in [0.29, 0.717) is 16.3 Å². The van der Waals surface area contributed by atoms with Crippen LogP contribution in [-0.2, 0) is 4.74 Å². The Hall–Kier alpha value is -1.27. The molecule has 2 heterocycles. The highest BCUT2D eigenvalue weighted by Crippen LogP contribution is 2.53. The summed E-state index contributed by atoms with van der Waals surface area (Å²) in [6, 6.07) is 9.21. The van der Waals surface area contributed by atoms with Gasteiger partial charge in [-0.05, 0) is 43.7 Å². The van der Waals surface area contributed by atoms with Crippen molar-refractivity contribution >= 4 is 62.3 Å². The summed E-state index contributed by atoms with van der Waals surface area (Å²) < 4.78 is 6.41. The quantitative estimate of drug-likeness (QED) is 0.423. The zero-order chi connectivity index (χ0) is 17.8. The Morgan fingerprint density at radius 3 is 2.72 bits per heavy atom. The molecule has 1 fully saturated rings. The van der Waals surface area contributed by atoms with Crippen molar-refractivity contribution in [3.63, 3.8) is 0 Å². The number of alkyl halides is 2. The molecule has 130 valence electrons. The number of benzene rings is 1. The van der Waals surface area contributed by atoms with Crippen molar-refractivity contribution in [2.24, 2.45) is 5.92 Å². The molecule has 3 aromatic rings. The maximum absolute atomic E-state index is 12.3. The molecule has 1 aliphatic carbocycles. The molecule has 0 bridgehead atoms. The second-order valence-electron chi connectivity index (χ2n) is 6.06. The summed E-state index contributed by atoms with van der Waals surface area (Å²) in [6.45, 7) is 2.15. The van der Waals surface area contributed by atoms with E-state index in [1.54, 1.807) is 0 Å². The van der Waals surface area contributed by atoms with Crippen LogP contribution in [0.4, 0.5) is 0 Å². The van der Waals surface area contributed by atoms with Crippen LogP contribution in [0.3, 0.4) is 0 Å². The van der Waals surface area contributed by atoms with Crippen LogP contribution < -0.4 is 0 Å². The number of fused-ring (bicyclic) bond motifs is 1. The Morgan fingerprint density at radius 1 is 1.40 bits per heavy atom. The summed E-state index contributed by atoms with van der Waals surface area (Å²) in [6.07, 6.45) is 0.653. The van der Waals surface area contributed by atoms with Crippen molar-refractivity contribution in [2.45, 2.75) is 17.7 Å². The summed E-state index contributed by atoms with van der Waals surface area (Å²) in [5.74, 6) is -0.347. The lowest BCUT2D eigenvalue weighted by Gasteiger charge is -2.03. The molecule has 4 nitrogen and oxygen atoms in total. The summed E-state index contributed by atoms with van der Waals surface area (Å²) in [7, 11) is 0. The maximum Gasteiger partial charge on any atom is 0.348 e. The average Bonchev–Trinajstić information content (AvgIpc) is 2.91. The van der Waals surface area contributed by atoms with Gasteiger partial charge in [0.25, 0.3) is 0 Å². The maximum atomic E-state index is 12.3. The molecule has 2 aromatic heterocycles. The predicted octanol–water partition coefficient (Wildman–Crippen LogP) is 5.40. The molecule has 1 aromatic carbocycles. The zero-order valence-corrected chi connectivity index (χ0v) is 16.2. The molecule has 0 amide bonds. The minimum absolute atomic E-state index is 0.0143. The fourth-order valence-corrected chi connectivity index (χ4v) is 4.30. The summed E-state index contributed by atoms with van der Waals surface area (Å²) in [4.78, 5) is 13.7. The summed E-state index contributed by atoms with van der Waals surface area (Å²) in [5.41, 5.74) is 1.74. The average molecular weight is 416 g/mol. The van der Waals surface area contributed by atoms with Gasteiger partial charge < -0.3 is 4.74 Å². The third-order valence-electron chi connectivity index (χ3n) is 4.19. The second kappa shape index (κ2) is 6.16. The third-order valence-corrected chi connectivity index (χ3v) is 6.46. The number of carbonyl (C=O) groups excluding carboxylic acids is 1. The molecule has 0 spiro atoms. The van der Waals surface area contributed by atoms with Crippen molar-refractivity contribution in [1.29, 1.82) is 0 Å². The van der Waals surface area contributed by atoms with Gasteiger partial charge in [0, 0.05) is 16.3 Å². The molecule has 0 radical (unpaired) electrons. The van der Waals surface area contributed by atoms with Gasteiger partial charge in [0.2, 0.25) is 0 Å². The van der Waals surface area contributed by atoms with E-state index in [1.165, 1.54) is 11.3 Å². The Morgan fingerprint density at radius 2 is 2.08 bits per heavy atom. The van der Waals surface area contributed by atoms with E-state index >= 15 is 0 Å². The van der Waals surface area contributed by atoms with Gasteiger partial charge in [-0.15, -0.1) is 34.5 Å². The normalized spacial score (nSPS) is 18.5. The third kappa shape index (κ3) is 3.26. The van der Waals surface area contributed by atoms with Crippen molar-refractivity contribution in [1.82, 2.24) is 9.78 Å². The van der Waals surface area contributed by atoms with Crippen LogP contribution in [0.1, 0.15) is 21.8 Å². The SMILES string of the molecule is Cc1nn(-c2ccc(Cl)cc2)c2sc(C(=O)OCC3CC3(Cl)Cl)cc12. The number of carbonyl (C=O) groups is 1. The first-order chi connectivity index (χ1) is 11.8. The topological polar surface area (TPSA) is 44.1 Å². The number of hydrogen-bond donors (Lipinski definition) is 0. The van der Waals surface area contributed by atoms with Gasteiger partial charge in [0.05, 0.1) is 18.0 Å². The summed E-state index contributed by atoms with van der Waals surface area (Å²) in [5, 5.41) is 6.14. The number of thiophene rings is 1. The van der Waals surface area contributed by atoms with Gasteiger partial charge in [-0.3, -0.25) is 0 Å². The minimum Gasteiger partial charge on any atom is -0.461 e. The van der Waals surface area contributed by atoms with Gasteiger partial charge >= 0.3 is 5.97 Å². The van der Waals surface area contributed by atoms with Crippen molar-refractivity contribution in [3.8, 4) is 5.69 Å². The molecule has 1 aliphatic rings. The molecule has 1 saturated carbocycles. The van der Waals surface area contributed by atoms with E-state index < -0.39 is 4.33 Å². The van der Waals surface area contributed by atoms with Gasteiger partial charge in [0.1, 0.15) is 14.0 Å². The van der Waals surface area contributed by atoms with E-state index in [1.807, 2.05) is 41.9 Å². The highest BCUT2D eigenvalue weighted by atomic mass is 35.5. The Balaban J connectivity index is 1.60. The molecule has 1 unspecified atom stereocenters. The molecule has 0 N–H and O–H groups in total. The number of hydrogen-bond acceptors (Lipinski definition) is 4. The Bertz CT molecular complexity index is 962. The first kappa shape index (κ1) is 17.2. The Kier molecular flexibility index (Phi) is 4.23. The van der Waals surface area contributed by atoms with Crippen molar-refractivity contribution in [3.05, 3.63) is 45.9 Å². The number of aromatic nitrogens is 2. The fourth-order valence-electron chi connectivity index (χ4n) is 2.60. The number of esters is 1. The zero-order valence-electron chi connectivity index (χ0n) is 13.1. The van der Waals surface area contributed by atoms with Crippen LogP contribution >= 0.6 is 46.1 Å². The number of nitrogens with zero attached hydrogens (tertiary/aromatic N) is 2. The van der Waals surface area contributed by atoms with Gasteiger partial charge in [-0.25, -0.2) is 9.48 Å². The molecule has 4 rings (SSSR count). The highest BCUT2D eigenvalue weighted by Gasteiger charge is 2.52. The van der Waals surface area contributed by atoms with E-state index in [2.05, 4.69) is 5.10 Å². The molecule has 0 saturated heterocycles. The van der Waals surface area contributed by atoms with Gasteiger partial charge in [0.15, 0.2) is 0 Å². The largest absolute Gasteiger partial charge is 0.461 e. The van der Waals surface area contributed by atoms with E-state index in [-0.39, 0.29) is 18.5 Å². The van der Waals surface area contributed by atoms with E-state index in [4.69, 9.17) is 39.5 Å². The van der Waals surface area contributed by atoms with Crippen molar-refractivity contribution in [2.75, 3.05) is 6.61 Å². The van der Waals surface area contributed by atoms with Gasteiger partial charge in [-0.2, -0.15) is 5.10 Å². The minimum atomic E-state index is -0.744. The van der Waals surface area contributed by atoms with Crippen LogP contribution in [0.15, 0.2) is 30.3 Å². The van der Waals surface area contributed by atoms with Gasteiger partial charge in [-0.1, -0.05) is 11.6 Å². The molecule has 0 aliphatic heterocycles. The van der Waals surface area contributed by atoms with E-state index in [0.717, 1.165) is 21.6 Å². The molecule has 8 heteroatoms.